The molecule has 2 aromatic carbocycles. The second-order valence-electron chi connectivity index (χ2n) is 6.80. The summed E-state index contributed by atoms with van der Waals surface area (Å²) in [6, 6.07) is 13.2. The zero-order chi connectivity index (χ0) is 20.0. The highest BCUT2D eigenvalue weighted by molar-refractivity contribution is 6.07. The first kappa shape index (κ1) is 17.6. The van der Waals surface area contributed by atoms with Gasteiger partial charge in [-0.15, -0.1) is 0 Å². The fourth-order valence-electron chi connectivity index (χ4n) is 3.65. The number of aromatic nitrogens is 2. The molecule has 2 aromatic heterocycles. The molecule has 0 spiro atoms. The Kier molecular flexibility index (Phi) is 4.04. The van der Waals surface area contributed by atoms with Gasteiger partial charge in [-0.05, 0) is 36.6 Å². The van der Waals surface area contributed by atoms with Crippen molar-refractivity contribution in [2.75, 3.05) is 5.73 Å². The van der Waals surface area contributed by atoms with E-state index in [2.05, 4.69) is 4.98 Å². The third-order valence-corrected chi connectivity index (χ3v) is 5.07. The lowest BCUT2D eigenvalue weighted by Crippen LogP contribution is -2.16. The van der Waals surface area contributed by atoms with Crippen LogP contribution in [0, 0.1) is 13.8 Å². The molecule has 0 aliphatic carbocycles. The highest BCUT2D eigenvalue weighted by Gasteiger charge is 2.22. The van der Waals surface area contributed by atoms with Gasteiger partial charge in [-0.1, -0.05) is 36.4 Å². The number of hydrogen-bond acceptors (Lipinski definition) is 4. The van der Waals surface area contributed by atoms with Gasteiger partial charge in [-0.2, -0.15) is 0 Å². The van der Waals surface area contributed by atoms with E-state index < -0.39 is 5.91 Å². The number of imidazole rings is 1. The van der Waals surface area contributed by atoms with Crippen LogP contribution in [0.3, 0.4) is 0 Å². The molecule has 0 bridgehead atoms. The number of phenolic OH excluding ortho intramolecular Hbond substituents is 1. The van der Waals surface area contributed by atoms with Crippen molar-refractivity contribution in [1.29, 1.82) is 0 Å². The Morgan fingerprint density at radius 3 is 2.50 bits per heavy atom. The number of phenols is 1. The van der Waals surface area contributed by atoms with Crippen LogP contribution in [0.15, 0.2) is 54.9 Å². The number of fused-ring (bicyclic) bond motifs is 1. The third kappa shape index (κ3) is 2.58. The molecule has 6 heteroatoms. The molecular weight excluding hydrogens is 352 g/mol. The van der Waals surface area contributed by atoms with Crippen molar-refractivity contribution >= 4 is 17.2 Å². The van der Waals surface area contributed by atoms with Crippen molar-refractivity contribution in [3.8, 4) is 28.1 Å². The largest absolute Gasteiger partial charge is 0.508 e. The van der Waals surface area contributed by atoms with Crippen LogP contribution >= 0.6 is 0 Å². The number of nitrogens with zero attached hydrogens (tertiary/aromatic N) is 2. The SMILES string of the molecule is Cc1ccc(O)c(C)c1-c1cn2c(-c3ccccc3)cnc2c(C(N)=O)c1N. The van der Waals surface area contributed by atoms with Gasteiger partial charge in [0.25, 0.3) is 5.91 Å². The highest BCUT2D eigenvalue weighted by atomic mass is 16.3. The molecule has 4 rings (SSSR count). The fraction of sp³-hybridized carbons (Fsp3) is 0.0909. The summed E-state index contributed by atoms with van der Waals surface area (Å²) >= 11 is 0. The molecule has 0 saturated carbocycles. The minimum atomic E-state index is -0.648. The Balaban J connectivity index is 2.13. The van der Waals surface area contributed by atoms with Gasteiger partial charge >= 0.3 is 0 Å². The first-order valence-corrected chi connectivity index (χ1v) is 8.84. The lowest BCUT2D eigenvalue weighted by Gasteiger charge is -2.17. The number of primary amides is 1. The number of hydrogen-bond donors (Lipinski definition) is 3. The number of pyridine rings is 1. The number of nitrogen functional groups attached to an aromatic ring is 1. The van der Waals surface area contributed by atoms with E-state index in [-0.39, 0.29) is 17.0 Å². The lowest BCUT2D eigenvalue weighted by atomic mass is 9.93. The number of carbonyl (C=O) groups excluding carboxylic acids is 1. The van der Waals surface area contributed by atoms with E-state index in [0.717, 1.165) is 22.4 Å². The van der Waals surface area contributed by atoms with E-state index in [1.807, 2.05) is 60.8 Å². The number of benzene rings is 2. The summed E-state index contributed by atoms with van der Waals surface area (Å²) in [7, 11) is 0. The smallest absolute Gasteiger partial charge is 0.254 e. The normalized spacial score (nSPS) is 11.1. The van der Waals surface area contributed by atoms with Gasteiger partial charge < -0.3 is 16.6 Å². The Labute approximate surface area is 162 Å². The van der Waals surface area contributed by atoms with Crippen molar-refractivity contribution in [3.63, 3.8) is 0 Å². The van der Waals surface area contributed by atoms with Gasteiger partial charge in [0.15, 0.2) is 5.65 Å². The molecular formula is C22H20N4O2. The lowest BCUT2D eigenvalue weighted by molar-refractivity contribution is 0.100. The van der Waals surface area contributed by atoms with E-state index in [9.17, 15) is 9.90 Å². The predicted molar refractivity (Wildman–Crippen MR) is 110 cm³/mol. The van der Waals surface area contributed by atoms with Gasteiger partial charge in [-0.25, -0.2) is 4.98 Å². The van der Waals surface area contributed by atoms with Crippen molar-refractivity contribution in [1.82, 2.24) is 9.38 Å². The van der Waals surface area contributed by atoms with Crippen molar-refractivity contribution in [2.45, 2.75) is 13.8 Å². The molecule has 0 fully saturated rings. The van der Waals surface area contributed by atoms with Crippen molar-refractivity contribution in [3.05, 3.63) is 71.5 Å². The average molecular weight is 372 g/mol. The Morgan fingerprint density at radius 2 is 1.82 bits per heavy atom. The molecule has 2 heterocycles. The number of anilines is 1. The number of carbonyl (C=O) groups is 1. The first-order chi connectivity index (χ1) is 13.4. The monoisotopic (exact) mass is 372 g/mol. The zero-order valence-electron chi connectivity index (χ0n) is 15.6. The second kappa shape index (κ2) is 6.42. The van der Waals surface area contributed by atoms with Crippen LogP contribution in [-0.2, 0) is 0 Å². The number of rotatable bonds is 3. The zero-order valence-corrected chi connectivity index (χ0v) is 15.6. The second-order valence-corrected chi connectivity index (χ2v) is 6.80. The Bertz CT molecular complexity index is 1230. The van der Waals surface area contributed by atoms with E-state index in [0.29, 0.717) is 16.8 Å². The predicted octanol–water partition coefficient (Wildman–Crippen LogP) is 3.67. The molecule has 28 heavy (non-hydrogen) atoms. The van der Waals surface area contributed by atoms with E-state index in [1.54, 1.807) is 12.3 Å². The summed E-state index contributed by atoms with van der Waals surface area (Å²) in [5.41, 5.74) is 17.6. The molecule has 0 atom stereocenters. The number of aryl methyl sites for hydroxylation is 1. The van der Waals surface area contributed by atoms with Crippen LogP contribution in [0.2, 0.25) is 0 Å². The van der Waals surface area contributed by atoms with Crippen LogP contribution in [-0.4, -0.2) is 20.4 Å². The summed E-state index contributed by atoms with van der Waals surface area (Å²) < 4.78 is 1.82. The van der Waals surface area contributed by atoms with Crippen LogP contribution in [0.4, 0.5) is 5.69 Å². The summed E-state index contributed by atoms with van der Waals surface area (Å²) in [6.07, 6.45) is 3.55. The standard InChI is InChI=1S/C22H20N4O2/c1-12-8-9-17(27)13(2)18(12)15-11-26-16(14-6-4-3-5-7-14)10-25-22(26)19(20(15)23)21(24)28/h3-11,27H,23H2,1-2H3,(H2,24,28). The van der Waals surface area contributed by atoms with Gasteiger partial charge in [0.05, 0.1) is 17.6 Å². The van der Waals surface area contributed by atoms with Gasteiger partial charge in [0.1, 0.15) is 11.3 Å². The summed E-state index contributed by atoms with van der Waals surface area (Å²) in [4.78, 5) is 16.6. The minimum absolute atomic E-state index is 0.162. The van der Waals surface area contributed by atoms with Crippen LogP contribution in [0.5, 0.6) is 5.75 Å². The molecule has 0 radical (unpaired) electrons. The topological polar surface area (TPSA) is 107 Å². The molecule has 0 unspecified atom stereocenters. The molecule has 6 nitrogen and oxygen atoms in total. The molecule has 5 N–H and O–H groups in total. The molecule has 1 amide bonds. The van der Waals surface area contributed by atoms with E-state index >= 15 is 0 Å². The summed E-state index contributed by atoms with van der Waals surface area (Å²) in [6.45, 7) is 3.75. The van der Waals surface area contributed by atoms with Gasteiger partial charge in [0, 0.05) is 17.3 Å². The number of nitrogens with two attached hydrogens (primary N) is 2. The van der Waals surface area contributed by atoms with Crippen LogP contribution < -0.4 is 11.5 Å². The fourth-order valence-corrected chi connectivity index (χ4v) is 3.65. The number of amides is 1. The molecule has 140 valence electrons. The average Bonchev–Trinajstić information content (AvgIpc) is 3.09. The summed E-state index contributed by atoms with van der Waals surface area (Å²) in [5.74, 6) is -0.486. The maximum atomic E-state index is 12.2. The van der Waals surface area contributed by atoms with Crippen molar-refractivity contribution in [2.24, 2.45) is 5.73 Å². The maximum absolute atomic E-state index is 12.2. The van der Waals surface area contributed by atoms with Gasteiger partial charge in [-0.3, -0.25) is 9.20 Å². The number of aromatic hydroxyl groups is 1. The highest BCUT2D eigenvalue weighted by Crippen LogP contribution is 2.39. The quantitative estimate of drug-likeness (QED) is 0.510. The molecule has 4 aromatic rings. The van der Waals surface area contributed by atoms with Crippen LogP contribution in [0.1, 0.15) is 21.5 Å². The molecule has 0 saturated heterocycles. The van der Waals surface area contributed by atoms with E-state index in [1.165, 1.54) is 0 Å². The summed E-state index contributed by atoms with van der Waals surface area (Å²) in [5, 5.41) is 10.2. The Morgan fingerprint density at radius 1 is 1.11 bits per heavy atom. The van der Waals surface area contributed by atoms with E-state index in [4.69, 9.17) is 11.5 Å². The van der Waals surface area contributed by atoms with Gasteiger partial charge in [0.2, 0.25) is 0 Å². The minimum Gasteiger partial charge on any atom is -0.508 e. The molecule has 0 aliphatic heterocycles. The van der Waals surface area contributed by atoms with Crippen LogP contribution in [0.25, 0.3) is 28.0 Å². The first-order valence-electron chi connectivity index (χ1n) is 8.84. The van der Waals surface area contributed by atoms with Crippen molar-refractivity contribution < 1.29 is 9.90 Å². The third-order valence-electron chi connectivity index (χ3n) is 5.07. The molecule has 0 aliphatic rings. The maximum Gasteiger partial charge on any atom is 0.254 e. The Hall–Kier alpha value is -3.80.